The normalized spacial score (nSPS) is 9.75. The van der Waals surface area contributed by atoms with Gasteiger partial charge in [-0.2, -0.15) is 0 Å². The second-order valence-corrected chi connectivity index (χ2v) is 3.50. The molecule has 0 unspecified atom stereocenters. The molecular weight excluding hydrogens is 270 g/mol. The van der Waals surface area contributed by atoms with E-state index in [0.29, 0.717) is 0 Å². The minimum atomic E-state index is -0.636. The number of hydrogen-bond donors (Lipinski definition) is 0. The molecule has 0 aliphatic carbocycles. The summed E-state index contributed by atoms with van der Waals surface area (Å²) < 4.78 is 19.9. The zero-order valence-corrected chi connectivity index (χ0v) is 11.4. The molecule has 0 atom stereocenters. The molecule has 0 heterocycles. The van der Waals surface area contributed by atoms with Crippen molar-refractivity contribution in [2.45, 2.75) is 6.92 Å². The van der Waals surface area contributed by atoms with E-state index in [1.807, 2.05) is 0 Å². The summed E-state index contributed by atoms with van der Waals surface area (Å²) in [5.74, 6) is -0.500. The summed E-state index contributed by atoms with van der Waals surface area (Å²) >= 11 is 0. The number of nitro benzene ring substituents is 1. The third-order valence-electron chi connectivity index (χ3n) is 2.32. The Kier molecular flexibility index (Phi) is 5.57. The number of carbonyl (C=O) groups excluding carboxylic acids is 1. The van der Waals surface area contributed by atoms with E-state index in [4.69, 9.17) is 14.2 Å². The second-order valence-electron chi connectivity index (χ2n) is 3.50. The Morgan fingerprint density at radius 2 is 1.95 bits per heavy atom. The predicted octanol–water partition coefficient (Wildman–Crippen LogP) is 1.55. The first-order chi connectivity index (χ1) is 9.54. The highest BCUT2D eigenvalue weighted by molar-refractivity contribution is 5.72. The lowest BCUT2D eigenvalue weighted by Gasteiger charge is -2.13. The number of benzene rings is 1. The molecule has 1 aromatic rings. The molecule has 0 spiro atoms. The van der Waals surface area contributed by atoms with Crippen LogP contribution < -0.4 is 14.2 Å². The van der Waals surface area contributed by atoms with Gasteiger partial charge in [0.1, 0.15) is 0 Å². The number of nitro groups is 1. The van der Waals surface area contributed by atoms with Crippen molar-refractivity contribution in [1.82, 2.24) is 0 Å². The standard InChI is InChI=1S/C12H15NO7/c1-4-19-10(14)7-20-11-8(13(15)16)5-6-9(17-2)12(11)18-3/h5-6H,4,7H2,1-3H3. The molecule has 1 aromatic carbocycles. The van der Waals surface area contributed by atoms with Gasteiger partial charge in [0.15, 0.2) is 12.4 Å². The number of esters is 1. The van der Waals surface area contributed by atoms with Crippen LogP contribution in [-0.4, -0.2) is 38.3 Å². The van der Waals surface area contributed by atoms with Gasteiger partial charge >= 0.3 is 11.7 Å². The van der Waals surface area contributed by atoms with Crippen LogP contribution in [0.3, 0.4) is 0 Å². The highest BCUT2D eigenvalue weighted by atomic mass is 16.6. The molecule has 0 saturated heterocycles. The van der Waals surface area contributed by atoms with Crippen LogP contribution in [0.1, 0.15) is 6.92 Å². The largest absolute Gasteiger partial charge is 0.493 e. The fraction of sp³-hybridized carbons (Fsp3) is 0.417. The number of carbonyl (C=O) groups is 1. The molecule has 8 nitrogen and oxygen atoms in total. The topological polar surface area (TPSA) is 97.1 Å². The lowest BCUT2D eigenvalue weighted by atomic mass is 10.2. The Morgan fingerprint density at radius 3 is 2.45 bits per heavy atom. The van der Waals surface area contributed by atoms with Crippen molar-refractivity contribution in [2.75, 3.05) is 27.4 Å². The van der Waals surface area contributed by atoms with Gasteiger partial charge in [-0.1, -0.05) is 0 Å². The van der Waals surface area contributed by atoms with Crippen molar-refractivity contribution in [1.29, 1.82) is 0 Å². The quantitative estimate of drug-likeness (QED) is 0.426. The number of methoxy groups -OCH3 is 2. The van der Waals surface area contributed by atoms with E-state index in [1.54, 1.807) is 6.92 Å². The predicted molar refractivity (Wildman–Crippen MR) is 68.3 cm³/mol. The van der Waals surface area contributed by atoms with Gasteiger partial charge in [0.05, 0.1) is 25.7 Å². The summed E-state index contributed by atoms with van der Waals surface area (Å²) in [4.78, 5) is 21.6. The van der Waals surface area contributed by atoms with Crippen LogP contribution in [0.4, 0.5) is 5.69 Å². The number of ether oxygens (including phenoxy) is 4. The minimum Gasteiger partial charge on any atom is -0.493 e. The zero-order valence-electron chi connectivity index (χ0n) is 11.4. The third kappa shape index (κ3) is 3.50. The average Bonchev–Trinajstić information content (AvgIpc) is 2.43. The maximum atomic E-state index is 11.3. The monoisotopic (exact) mass is 285 g/mol. The van der Waals surface area contributed by atoms with Crippen molar-refractivity contribution in [3.8, 4) is 17.2 Å². The van der Waals surface area contributed by atoms with Crippen LogP contribution in [0.25, 0.3) is 0 Å². The van der Waals surface area contributed by atoms with Crippen LogP contribution in [0.15, 0.2) is 12.1 Å². The van der Waals surface area contributed by atoms with Gasteiger partial charge in [0.25, 0.3) is 0 Å². The Balaban J connectivity index is 3.11. The molecule has 0 fully saturated rings. The van der Waals surface area contributed by atoms with Gasteiger partial charge in [-0.15, -0.1) is 0 Å². The third-order valence-corrected chi connectivity index (χ3v) is 2.32. The van der Waals surface area contributed by atoms with Crippen LogP contribution >= 0.6 is 0 Å². The van der Waals surface area contributed by atoms with E-state index in [0.717, 1.165) is 0 Å². The van der Waals surface area contributed by atoms with Crippen molar-refractivity contribution in [3.63, 3.8) is 0 Å². The van der Waals surface area contributed by atoms with Gasteiger partial charge < -0.3 is 18.9 Å². The van der Waals surface area contributed by atoms with Gasteiger partial charge in [-0.05, 0) is 13.0 Å². The number of hydrogen-bond acceptors (Lipinski definition) is 7. The first kappa shape index (κ1) is 15.5. The fourth-order valence-electron chi connectivity index (χ4n) is 1.51. The molecule has 8 heteroatoms. The molecule has 110 valence electrons. The van der Waals surface area contributed by atoms with E-state index in [2.05, 4.69) is 4.74 Å². The minimum absolute atomic E-state index is 0.0472. The first-order valence-corrected chi connectivity index (χ1v) is 5.72. The van der Waals surface area contributed by atoms with Crippen molar-refractivity contribution in [2.24, 2.45) is 0 Å². The molecule has 1 rings (SSSR count). The highest BCUT2D eigenvalue weighted by Gasteiger charge is 2.25. The number of nitrogens with zero attached hydrogens (tertiary/aromatic N) is 1. The molecule has 0 aromatic heterocycles. The fourth-order valence-corrected chi connectivity index (χ4v) is 1.51. The first-order valence-electron chi connectivity index (χ1n) is 5.72. The summed E-state index contributed by atoms with van der Waals surface area (Å²) in [5, 5.41) is 11.0. The summed E-state index contributed by atoms with van der Waals surface area (Å²) in [6, 6.07) is 2.59. The summed E-state index contributed by atoms with van der Waals surface area (Å²) in [6.07, 6.45) is 0. The smallest absolute Gasteiger partial charge is 0.344 e. The SMILES string of the molecule is CCOC(=O)COc1c([N+](=O)[O-])ccc(OC)c1OC. The lowest BCUT2D eigenvalue weighted by molar-refractivity contribution is -0.385. The molecule has 0 N–H and O–H groups in total. The van der Waals surface area contributed by atoms with Crippen molar-refractivity contribution < 1.29 is 28.7 Å². The van der Waals surface area contributed by atoms with Crippen molar-refractivity contribution >= 4 is 11.7 Å². The van der Waals surface area contributed by atoms with Crippen LogP contribution in [0.5, 0.6) is 17.2 Å². The maximum Gasteiger partial charge on any atom is 0.344 e. The van der Waals surface area contributed by atoms with Crippen molar-refractivity contribution in [3.05, 3.63) is 22.2 Å². The lowest BCUT2D eigenvalue weighted by Crippen LogP contribution is -2.15. The molecule has 0 saturated carbocycles. The Morgan fingerprint density at radius 1 is 1.25 bits per heavy atom. The van der Waals surface area contributed by atoms with Crippen LogP contribution in [-0.2, 0) is 9.53 Å². The van der Waals surface area contributed by atoms with E-state index in [-0.39, 0.29) is 29.5 Å². The molecular formula is C12H15NO7. The van der Waals surface area contributed by atoms with E-state index in [1.165, 1.54) is 26.4 Å². The molecule has 0 bridgehead atoms. The van der Waals surface area contributed by atoms with Gasteiger partial charge in [-0.25, -0.2) is 4.79 Å². The molecule has 0 aliphatic heterocycles. The van der Waals surface area contributed by atoms with Gasteiger partial charge in [0, 0.05) is 6.07 Å². The van der Waals surface area contributed by atoms with Gasteiger partial charge in [-0.3, -0.25) is 10.1 Å². The Hall–Kier alpha value is -2.51. The summed E-state index contributed by atoms with van der Waals surface area (Å²) in [5.41, 5.74) is -0.327. The molecule has 0 amide bonds. The van der Waals surface area contributed by atoms with Gasteiger partial charge in [0.2, 0.25) is 11.5 Å². The summed E-state index contributed by atoms with van der Waals surface area (Å²) in [7, 11) is 2.71. The summed E-state index contributed by atoms with van der Waals surface area (Å²) in [6.45, 7) is 1.38. The number of rotatable bonds is 7. The molecule has 20 heavy (non-hydrogen) atoms. The van der Waals surface area contributed by atoms with Crippen LogP contribution in [0, 0.1) is 10.1 Å². The maximum absolute atomic E-state index is 11.3. The Bertz CT molecular complexity index is 501. The second kappa shape index (κ2) is 7.17. The van der Waals surface area contributed by atoms with Crippen LogP contribution in [0.2, 0.25) is 0 Å². The highest BCUT2D eigenvalue weighted by Crippen LogP contribution is 2.43. The average molecular weight is 285 g/mol. The zero-order chi connectivity index (χ0) is 15.1. The van der Waals surface area contributed by atoms with E-state index < -0.39 is 17.5 Å². The van der Waals surface area contributed by atoms with E-state index >= 15 is 0 Å². The van der Waals surface area contributed by atoms with E-state index in [9.17, 15) is 14.9 Å². The molecule has 0 aliphatic rings. The molecule has 0 radical (unpaired) electrons. The Labute approximate surface area is 115 Å².